The highest BCUT2D eigenvalue weighted by atomic mass is 16.5. The number of fused-ring (bicyclic) bond motifs is 3. The van der Waals surface area contributed by atoms with Gasteiger partial charge in [-0.3, -0.25) is 14.2 Å². The molecule has 2 aromatic heterocycles. The second kappa shape index (κ2) is 10.9. The van der Waals surface area contributed by atoms with Gasteiger partial charge in [0.25, 0.3) is 11.5 Å². The molecule has 7 heteroatoms. The second-order valence-electron chi connectivity index (χ2n) is 9.57. The zero-order valence-electron chi connectivity index (χ0n) is 22.1. The van der Waals surface area contributed by atoms with Gasteiger partial charge in [0.2, 0.25) is 0 Å². The summed E-state index contributed by atoms with van der Waals surface area (Å²) >= 11 is 0. The number of hydrogen-bond donors (Lipinski definition) is 1. The molecule has 0 aliphatic rings. The van der Waals surface area contributed by atoms with Crippen LogP contribution in [0.4, 0.5) is 0 Å². The highest BCUT2D eigenvalue weighted by molar-refractivity contribution is 5.98. The molecule has 0 radical (unpaired) electrons. The minimum absolute atomic E-state index is 0.257. The van der Waals surface area contributed by atoms with Crippen molar-refractivity contribution >= 4 is 22.3 Å². The van der Waals surface area contributed by atoms with Gasteiger partial charge < -0.3 is 10.1 Å². The van der Waals surface area contributed by atoms with Crippen molar-refractivity contribution in [1.29, 1.82) is 0 Å². The molecule has 0 bridgehead atoms. The van der Waals surface area contributed by atoms with E-state index in [1.54, 1.807) is 35.9 Å². The molecule has 7 nitrogen and oxygen atoms in total. The summed E-state index contributed by atoms with van der Waals surface area (Å²) in [5, 5.41) is 8.61. The number of methoxy groups -OCH3 is 1. The van der Waals surface area contributed by atoms with E-state index >= 15 is 0 Å². The van der Waals surface area contributed by atoms with Crippen molar-refractivity contribution in [1.82, 2.24) is 19.5 Å². The molecule has 0 saturated carbocycles. The highest BCUT2D eigenvalue weighted by Gasteiger charge is 2.26. The number of aromatic nitrogens is 3. The van der Waals surface area contributed by atoms with Crippen LogP contribution in [-0.4, -0.2) is 33.7 Å². The number of carbonyl (C=O) groups is 1. The van der Waals surface area contributed by atoms with Crippen molar-refractivity contribution in [3.05, 3.63) is 142 Å². The Balaban J connectivity index is 1.58. The molecular weight excluding hydrogens is 500 g/mol. The molecule has 1 N–H and O–H groups in total. The van der Waals surface area contributed by atoms with E-state index in [4.69, 9.17) is 9.84 Å². The Morgan fingerprint density at radius 1 is 0.825 bits per heavy atom. The first-order valence-electron chi connectivity index (χ1n) is 13.2. The van der Waals surface area contributed by atoms with Gasteiger partial charge in [-0.05, 0) is 47.9 Å². The van der Waals surface area contributed by atoms with E-state index in [0.717, 1.165) is 16.5 Å². The number of nitrogens with one attached hydrogen (secondary N) is 1. The van der Waals surface area contributed by atoms with Gasteiger partial charge in [0.15, 0.2) is 0 Å². The van der Waals surface area contributed by atoms with Gasteiger partial charge in [-0.1, -0.05) is 78.9 Å². The summed E-state index contributed by atoms with van der Waals surface area (Å²) in [5.74, 6) is 0.322. The van der Waals surface area contributed by atoms with Crippen LogP contribution in [0, 0.1) is 0 Å². The minimum atomic E-state index is -0.337. The fraction of sp³-hybridized carbons (Fsp3) is 0.121. The molecule has 0 aliphatic carbocycles. The van der Waals surface area contributed by atoms with Crippen molar-refractivity contribution in [2.24, 2.45) is 0 Å². The standard InChI is InChI=1S/C33H28N4O3/c1-40-26-18-16-25(17-19-26)36-31(32(38)34-21-20-23-10-4-2-5-11-23)29(22-24-12-6-3-7-13-24)37-30(33(36)39)27-14-8-9-15-28(27)35-37/h2-19H,20-22H2,1H3,(H,34,38). The monoisotopic (exact) mass is 528 g/mol. The molecule has 198 valence electrons. The van der Waals surface area contributed by atoms with E-state index in [2.05, 4.69) is 5.32 Å². The third-order valence-electron chi connectivity index (χ3n) is 7.04. The molecule has 0 fully saturated rings. The molecule has 2 heterocycles. The summed E-state index contributed by atoms with van der Waals surface area (Å²) < 4.78 is 8.52. The molecule has 0 aliphatic heterocycles. The average molecular weight is 529 g/mol. The predicted molar refractivity (Wildman–Crippen MR) is 157 cm³/mol. The topological polar surface area (TPSA) is 77.6 Å². The Morgan fingerprint density at radius 3 is 2.17 bits per heavy atom. The maximum atomic E-state index is 14.3. The minimum Gasteiger partial charge on any atom is -0.497 e. The number of benzene rings is 4. The fourth-order valence-electron chi connectivity index (χ4n) is 5.08. The van der Waals surface area contributed by atoms with Crippen LogP contribution in [0.25, 0.3) is 22.1 Å². The summed E-state index contributed by atoms with van der Waals surface area (Å²) in [4.78, 5) is 28.3. The van der Waals surface area contributed by atoms with Crippen LogP contribution in [0.1, 0.15) is 27.3 Å². The zero-order valence-corrected chi connectivity index (χ0v) is 22.1. The van der Waals surface area contributed by atoms with Crippen molar-refractivity contribution in [3.8, 4) is 11.4 Å². The highest BCUT2D eigenvalue weighted by Crippen LogP contribution is 2.25. The molecule has 40 heavy (non-hydrogen) atoms. The zero-order chi connectivity index (χ0) is 27.5. The molecule has 4 aromatic carbocycles. The Bertz CT molecular complexity index is 1860. The predicted octanol–water partition coefficient (Wildman–Crippen LogP) is 5.21. The molecule has 6 aromatic rings. The molecule has 0 unspecified atom stereocenters. The van der Waals surface area contributed by atoms with Crippen LogP contribution in [0.3, 0.4) is 0 Å². The molecule has 6 rings (SSSR count). The normalized spacial score (nSPS) is 11.1. The number of hydrogen-bond acceptors (Lipinski definition) is 4. The van der Waals surface area contributed by atoms with Crippen molar-refractivity contribution in [2.75, 3.05) is 13.7 Å². The third-order valence-corrected chi connectivity index (χ3v) is 7.04. The van der Waals surface area contributed by atoms with E-state index in [-0.39, 0.29) is 17.2 Å². The Kier molecular flexibility index (Phi) is 6.85. The Hall–Kier alpha value is -5.17. The smallest absolute Gasteiger partial charge is 0.282 e. The lowest BCUT2D eigenvalue weighted by atomic mass is 10.1. The summed E-state index contributed by atoms with van der Waals surface area (Å²) in [6.45, 7) is 0.420. The number of rotatable bonds is 8. The van der Waals surface area contributed by atoms with Crippen molar-refractivity contribution < 1.29 is 9.53 Å². The Labute approximate surface area is 231 Å². The molecule has 1 amide bonds. The fourth-order valence-corrected chi connectivity index (χ4v) is 5.08. The molecule has 0 spiro atoms. The summed E-state index contributed by atoms with van der Waals surface area (Å²) in [6, 6.07) is 34.6. The van der Waals surface area contributed by atoms with Crippen molar-refractivity contribution in [3.63, 3.8) is 0 Å². The Morgan fingerprint density at radius 2 is 1.48 bits per heavy atom. The van der Waals surface area contributed by atoms with Crippen LogP contribution in [0.2, 0.25) is 0 Å². The summed E-state index contributed by atoms with van der Waals surface area (Å²) in [6.07, 6.45) is 1.07. The van der Waals surface area contributed by atoms with Gasteiger partial charge in [-0.25, -0.2) is 4.52 Å². The first kappa shape index (κ1) is 25.1. The summed E-state index contributed by atoms with van der Waals surface area (Å²) in [7, 11) is 1.59. The van der Waals surface area contributed by atoms with Crippen molar-refractivity contribution in [2.45, 2.75) is 12.8 Å². The lowest BCUT2D eigenvalue weighted by molar-refractivity contribution is 0.0944. The van der Waals surface area contributed by atoms with Crippen LogP contribution < -0.4 is 15.6 Å². The number of nitrogens with zero attached hydrogens (tertiary/aromatic N) is 3. The van der Waals surface area contributed by atoms with Gasteiger partial charge in [-0.2, -0.15) is 5.10 Å². The number of carbonyl (C=O) groups excluding carboxylic acids is 1. The van der Waals surface area contributed by atoms with Crippen LogP contribution in [0.15, 0.2) is 114 Å². The summed E-state index contributed by atoms with van der Waals surface area (Å²) in [5.41, 5.74) is 4.38. The van der Waals surface area contributed by atoms with Gasteiger partial charge >= 0.3 is 0 Å². The van der Waals surface area contributed by atoms with E-state index in [0.29, 0.717) is 47.6 Å². The molecule has 0 saturated heterocycles. The maximum Gasteiger partial charge on any atom is 0.282 e. The largest absolute Gasteiger partial charge is 0.497 e. The SMILES string of the molecule is COc1ccc(-n2c(C(=O)NCCc3ccccc3)c(Cc3ccccc3)n3nc4ccccc4c3c2=O)cc1. The maximum absolute atomic E-state index is 14.3. The van der Waals surface area contributed by atoms with Gasteiger partial charge in [-0.15, -0.1) is 0 Å². The lowest BCUT2D eigenvalue weighted by Crippen LogP contribution is -2.36. The van der Waals surface area contributed by atoms with Gasteiger partial charge in [0, 0.05) is 24.0 Å². The second-order valence-corrected chi connectivity index (χ2v) is 9.57. The van der Waals surface area contributed by atoms with Crippen LogP contribution >= 0.6 is 0 Å². The third kappa shape index (κ3) is 4.73. The lowest BCUT2D eigenvalue weighted by Gasteiger charge is -2.19. The van der Waals surface area contributed by atoms with Crippen LogP contribution in [0.5, 0.6) is 5.75 Å². The van der Waals surface area contributed by atoms with Gasteiger partial charge in [0.05, 0.1) is 18.3 Å². The van der Waals surface area contributed by atoms with Gasteiger partial charge in [0.1, 0.15) is 17.0 Å². The van der Waals surface area contributed by atoms with E-state index < -0.39 is 0 Å². The van der Waals surface area contributed by atoms with E-state index in [1.807, 2.05) is 84.9 Å². The molecule has 0 atom stereocenters. The number of ether oxygens (including phenoxy) is 1. The van der Waals surface area contributed by atoms with E-state index in [1.165, 1.54) is 4.57 Å². The number of amides is 1. The first-order valence-corrected chi connectivity index (χ1v) is 13.2. The van der Waals surface area contributed by atoms with Crippen LogP contribution in [-0.2, 0) is 12.8 Å². The molecular formula is C33H28N4O3. The average Bonchev–Trinajstić information content (AvgIpc) is 3.40. The van der Waals surface area contributed by atoms with E-state index in [9.17, 15) is 9.59 Å². The first-order chi connectivity index (χ1) is 19.6. The quantitative estimate of drug-likeness (QED) is 0.294.